The maximum absolute atomic E-state index is 12.7. The molecule has 0 radical (unpaired) electrons. The van der Waals surface area contributed by atoms with Crippen LogP contribution >= 0.6 is 23.2 Å². The predicted molar refractivity (Wildman–Crippen MR) is 149 cm³/mol. The van der Waals surface area contributed by atoms with Gasteiger partial charge in [-0.3, -0.25) is 20.3 Å². The number of alkyl carbamates (subject to hydrolysis) is 1. The number of aromatic nitrogens is 3. The largest absolute Gasteiger partial charge is 0.497 e. The molecule has 0 spiro atoms. The number of imide groups is 1. The second kappa shape index (κ2) is 12.3. The molecule has 40 heavy (non-hydrogen) atoms. The Balaban J connectivity index is 1.63. The Morgan fingerprint density at radius 3 is 2.42 bits per heavy atom. The van der Waals surface area contributed by atoms with Crippen molar-refractivity contribution in [2.24, 2.45) is 5.10 Å². The Labute approximate surface area is 237 Å². The number of hydrogen-bond donors (Lipinski definition) is 2. The van der Waals surface area contributed by atoms with Crippen LogP contribution in [-0.4, -0.2) is 45.8 Å². The van der Waals surface area contributed by atoms with Crippen LogP contribution in [0.2, 0.25) is 10.0 Å². The van der Waals surface area contributed by atoms with Crippen molar-refractivity contribution in [2.45, 2.75) is 13.5 Å². The molecule has 2 N–H and O–H groups in total. The number of nitrogens with zero attached hydrogens (tertiary/aromatic N) is 5. The average Bonchev–Trinajstić information content (AvgIpc) is 3.34. The van der Waals surface area contributed by atoms with Crippen LogP contribution in [-0.2, 0) is 16.1 Å². The van der Waals surface area contributed by atoms with Crippen LogP contribution in [0.1, 0.15) is 12.5 Å². The van der Waals surface area contributed by atoms with Crippen molar-refractivity contribution in [3.63, 3.8) is 0 Å². The normalized spacial score (nSPS) is 11.1. The molecule has 0 saturated heterocycles. The minimum absolute atomic E-state index is 0.0476. The number of fused-ring (bicyclic) bond motifs is 1. The topological polar surface area (TPSA) is 153 Å². The zero-order chi connectivity index (χ0) is 28.8. The summed E-state index contributed by atoms with van der Waals surface area (Å²) in [5.74, 6) is -0.343. The Kier molecular flexibility index (Phi) is 8.68. The summed E-state index contributed by atoms with van der Waals surface area (Å²) >= 11 is 13.1. The molecular formula is C26H21Cl2N7O5. The van der Waals surface area contributed by atoms with E-state index in [9.17, 15) is 19.6 Å². The van der Waals surface area contributed by atoms with Gasteiger partial charge in [0.05, 0.1) is 53.2 Å². The number of amides is 2. The van der Waals surface area contributed by atoms with Gasteiger partial charge in [-0.1, -0.05) is 35.3 Å². The van der Waals surface area contributed by atoms with E-state index in [4.69, 9.17) is 27.9 Å². The van der Waals surface area contributed by atoms with Gasteiger partial charge in [0, 0.05) is 6.07 Å². The van der Waals surface area contributed by atoms with Gasteiger partial charge in [0.25, 0.3) is 11.5 Å². The first-order valence-corrected chi connectivity index (χ1v) is 12.4. The van der Waals surface area contributed by atoms with Gasteiger partial charge in [-0.2, -0.15) is 15.5 Å². The molecule has 0 saturated carbocycles. The number of nitriles is 1. The molecule has 2 aromatic carbocycles. The molecular weight excluding hydrogens is 561 g/mol. The second-order valence-electron chi connectivity index (χ2n) is 8.08. The molecule has 0 aliphatic rings. The van der Waals surface area contributed by atoms with Crippen LogP contribution in [0.25, 0.3) is 16.7 Å². The van der Waals surface area contributed by atoms with E-state index in [1.807, 2.05) is 29.6 Å². The van der Waals surface area contributed by atoms with Gasteiger partial charge in [0.15, 0.2) is 0 Å². The van der Waals surface area contributed by atoms with Crippen LogP contribution in [0.3, 0.4) is 0 Å². The third-order valence-corrected chi connectivity index (χ3v) is 6.14. The molecule has 12 nitrogen and oxygen atoms in total. The summed E-state index contributed by atoms with van der Waals surface area (Å²) in [4.78, 5) is 36.2. The van der Waals surface area contributed by atoms with Crippen LogP contribution in [0, 0.1) is 11.3 Å². The molecule has 4 aromatic rings. The number of anilines is 1. The molecule has 14 heteroatoms. The van der Waals surface area contributed by atoms with Crippen LogP contribution in [0.15, 0.2) is 64.6 Å². The number of nitrogens with one attached hydrogen (secondary N) is 2. The summed E-state index contributed by atoms with van der Waals surface area (Å²) in [6.45, 7) is 1.92. The van der Waals surface area contributed by atoms with Crippen molar-refractivity contribution in [1.82, 2.24) is 19.7 Å². The Hall–Kier alpha value is -4.86. The van der Waals surface area contributed by atoms with E-state index in [1.165, 1.54) is 22.9 Å². The van der Waals surface area contributed by atoms with Crippen LogP contribution < -0.4 is 21.0 Å². The smallest absolute Gasteiger partial charge is 0.414 e. The highest BCUT2D eigenvalue weighted by Crippen LogP contribution is 2.34. The first kappa shape index (κ1) is 28.2. The maximum Gasteiger partial charge on any atom is 0.414 e. The van der Waals surface area contributed by atoms with Crippen LogP contribution in [0.5, 0.6) is 5.75 Å². The molecule has 0 aliphatic carbocycles. The van der Waals surface area contributed by atoms with Gasteiger partial charge in [-0.15, -0.1) is 0 Å². The fourth-order valence-corrected chi connectivity index (χ4v) is 4.37. The number of ether oxygens (including phenoxy) is 2. The van der Waals surface area contributed by atoms with Gasteiger partial charge in [0.1, 0.15) is 17.5 Å². The van der Waals surface area contributed by atoms with Gasteiger partial charge in [-0.05, 0) is 42.8 Å². The number of hydrazone groups is 1. The first-order valence-electron chi connectivity index (χ1n) is 11.7. The van der Waals surface area contributed by atoms with E-state index in [2.05, 4.69) is 20.4 Å². The number of halogens is 2. The average molecular weight is 582 g/mol. The van der Waals surface area contributed by atoms with E-state index >= 15 is 0 Å². The molecule has 204 valence electrons. The first-order chi connectivity index (χ1) is 19.2. The number of benzene rings is 2. The molecule has 0 unspecified atom stereocenters. The lowest BCUT2D eigenvalue weighted by molar-refractivity contribution is -0.114. The van der Waals surface area contributed by atoms with E-state index in [0.29, 0.717) is 29.0 Å². The van der Waals surface area contributed by atoms with E-state index < -0.39 is 17.7 Å². The fourth-order valence-electron chi connectivity index (χ4n) is 3.73. The highest BCUT2D eigenvalue weighted by atomic mass is 35.5. The summed E-state index contributed by atoms with van der Waals surface area (Å²) in [5.41, 5.74) is 4.31. The lowest BCUT2D eigenvalue weighted by atomic mass is 10.2. The Bertz CT molecular complexity index is 1700. The number of hydrogen-bond acceptors (Lipinski definition) is 9. The summed E-state index contributed by atoms with van der Waals surface area (Å²) in [5, 5.41) is 19.6. The standard InChI is InChI=1S/C26H21Cl2N7O5/c1-3-40-26(38)31-25(37)20(12-29)33-32-16-10-18(27)24(19(28)11-16)35-21-8-9-23(36)34(22(21)13-30-35)14-15-4-6-17(39-2)7-5-15/h4-11,13,32H,3,14H2,1-2H3,(H,31,37,38)/b33-20-. The predicted octanol–water partition coefficient (Wildman–Crippen LogP) is 4.12. The Morgan fingerprint density at radius 1 is 1.10 bits per heavy atom. The number of carbonyl (C=O) groups excluding carboxylic acids is 2. The van der Waals surface area contributed by atoms with Gasteiger partial charge in [0.2, 0.25) is 5.71 Å². The van der Waals surface area contributed by atoms with E-state index in [0.717, 1.165) is 5.56 Å². The molecule has 0 fully saturated rings. The van der Waals surface area contributed by atoms with Crippen molar-refractivity contribution < 1.29 is 19.1 Å². The lowest BCUT2D eigenvalue weighted by Crippen LogP contribution is -2.36. The third kappa shape index (κ3) is 6.06. The number of rotatable bonds is 8. The molecule has 2 heterocycles. The van der Waals surface area contributed by atoms with E-state index in [-0.39, 0.29) is 27.9 Å². The van der Waals surface area contributed by atoms with Crippen molar-refractivity contribution in [2.75, 3.05) is 19.1 Å². The maximum atomic E-state index is 12.7. The SMILES string of the molecule is CCOC(=O)NC(=O)/C(C#N)=N\Nc1cc(Cl)c(-n2ncc3c2ccc(=O)n3Cc2ccc(OC)cc2)c(Cl)c1. The van der Waals surface area contributed by atoms with Gasteiger partial charge in [-0.25, -0.2) is 9.48 Å². The summed E-state index contributed by atoms with van der Waals surface area (Å²) < 4.78 is 12.9. The fraction of sp³-hybridized carbons (Fsp3) is 0.154. The zero-order valence-corrected chi connectivity index (χ0v) is 22.7. The highest BCUT2D eigenvalue weighted by molar-refractivity contribution is 6.47. The number of carbonyl (C=O) groups is 2. The summed E-state index contributed by atoms with van der Waals surface area (Å²) in [6, 6.07) is 14.9. The highest BCUT2D eigenvalue weighted by Gasteiger charge is 2.18. The van der Waals surface area contributed by atoms with Crippen molar-refractivity contribution in [1.29, 1.82) is 5.26 Å². The second-order valence-corrected chi connectivity index (χ2v) is 8.89. The summed E-state index contributed by atoms with van der Waals surface area (Å²) in [6.07, 6.45) is 0.539. The monoisotopic (exact) mass is 581 g/mol. The van der Waals surface area contributed by atoms with Crippen molar-refractivity contribution in [3.8, 4) is 17.5 Å². The van der Waals surface area contributed by atoms with E-state index in [1.54, 1.807) is 36.9 Å². The van der Waals surface area contributed by atoms with Crippen LogP contribution in [0.4, 0.5) is 10.5 Å². The molecule has 4 rings (SSSR count). The minimum atomic E-state index is -1.05. The quantitative estimate of drug-likeness (QED) is 0.233. The van der Waals surface area contributed by atoms with Crippen molar-refractivity contribution >= 4 is 57.6 Å². The molecule has 2 aromatic heterocycles. The van der Waals surface area contributed by atoms with Crippen molar-refractivity contribution in [3.05, 3.63) is 80.7 Å². The van der Waals surface area contributed by atoms with Gasteiger partial charge < -0.3 is 14.0 Å². The Morgan fingerprint density at radius 2 is 1.80 bits per heavy atom. The number of pyridine rings is 1. The molecule has 0 bridgehead atoms. The minimum Gasteiger partial charge on any atom is -0.497 e. The zero-order valence-electron chi connectivity index (χ0n) is 21.1. The van der Waals surface area contributed by atoms with Gasteiger partial charge >= 0.3 is 6.09 Å². The lowest BCUT2D eigenvalue weighted by Gasteiger charge is -2.12. The summed E-state index contributed by atoms with van der Waals surface area (Å²) in [7, 11) is 1.58. The molecule has 0 atom stereocenters. The third-order valence-electron chi connectivity index (χ3n) is 5.56. The molecule has 0 aliphatic heterocycles. The number of methoxy groups -OCH3 is 1. The molecule has 2 amide bonds.